The Morgan fingerprint density at radius 2 is 2.08 bits per heavy atom. The van der Waals surface area contributed by atoms with Crippen LogP contribution in [0.3, 0.4) is 0 Å². The second-order valence-corrected chi connectivity index (χ2v) is 8.55. The summed E-state index contributed by atoms with van der Waals surface area (Å²) in [7, 11) is 0. The van der Waals surface area contributed by atoms with Gasteiger partial charge in [-0.15, -0.1) is 35.1 Å². The lowest BCUT2D eigenvalue weighted by Crippen LogP contribution is -2.44. The maximum atomic E-state index is 12.9. The van der Waals surface area contributed by atoms with Crippen molar-refractivity contribution >= 4 is 60.5 Å². The Morgan fingerprint density at radius 3 is 2.88 bits per heavy atom. The normalized spacial score (nSPS) is 19.4. The van der Waals surface area contributed by atoms with Crippen LogP contribution < -0.4 is 5.73 Å². The minimum absolute atomic E-state index is 0. The average Bonchev–Trinajstić information content (AvgIpc) is 3.12. The lowest BCUT2D eigenvalue weighted by molar-refractivity contribution is 0.0666. The van der Waals surface area contributed by atoms with Gasteiger partial charge < -0.3 is 10.6 Å². The van der Waals surface area contributed by atoms with Gasteiger partial charge in [-0.3, -0.25) is 4.79 Å². The van der Waals surface area contributed by atoms with Crippen LogP contribution in [0.4, 0.5) is 0 Å². The number of carbonyl (C=O) groups excluding carboxylic acids is 1. The molecule has 2 N–H and O–H groups in total. The first-order valence-corrected chi connectivity index (χ1v) is 9.72. The van der Waals surface area contributed by atoms with Crippen molar-refractivity contribution in [3.05, 3.63) is 35.2 Å². The first-order valence-electron chi connectivity index (χ1n) is 8.09. The topological polar surface area (TPSA) is 46.3 Å². The number of amides is 1. The Hall–Kier alpha value is -1.14. The Morgan fingerprint density at radius 1 is 1.29 bits per heavy atom. The SMILES string of the molecule is CC(N)C1CCCN(C(=O)c2cc3sc4ccccc4c3s2)C1.Cl. The number of hydrogen-bond donors (Lipinski definition) is 1. The summed E-state index contributed by atoms with van der Waals surface area (Å²) >= 11 is 3.40. The molecule has 128 valence electrons. The van der Waals surface area contributed by atoms with Gasteiger partial charge in [0, 0.05) is 33.9 Å². The van der Waals surface area contributed by atoms with Crippen LogP contribution in [-0.4, -0.2) is 29.9 Å². The number of piperidine rings is 1. The number of hydrogen-bond acceptors (Lipinski definition) is 4. The summed E-state index contributed by atoms with van der Waals surface area (Å²) < 4.78 is 3.76. The van der Waals surface area contributed by atoms with Crippen LogP contribution in [-0.2, 0) is 0 Å². The predicted molar refractivity (Wildman–Crippen MR) is 107 cm³/mol. The lowest BCUT2D eigenvalue weighted by atomic mass is 9.92. The number of nitrogens with two attached hydrogens (primary N) is 1. The molecular formula is C18H21ClN2OS2. The summed E-state index contributed by atoms with van der Waals surface area (Å²) in [4.78, 5) is 15.7. The van der Waals surface area contributed by atoms with Crippen molar-refractivity contribution in [1.82, 2.24) is 4.90 Å². The minimum Gasteiger partial charge on any atom is -0.338 e. The van der Waals surface area contributed by atoms with Gasteiger partial charge in [0.05, 0.1) is 9.58 Å². The second kappa shape index (κ2) is 7.00. The molecule has 3 aromatic rings. The maximum absolute atomic E-state index is 12.9. The molecule has 1 saturated heterocycles. The lowest BCUT2D eigenvalue weighted by Gasteiger charge is -2.34. The zero-order valence-electron chi connectivity index (χ0n) is 13.5. The van der Waals surface area contributed by atoms with E-state index in [0.717, 1.165) is 30.8 Å². The molecular weight excluding hydrogens is 360 g/mol. The molecule has 2 unspecified atom stereocenters. The molecule has 1 aliphatic heterocycles. The molecule has 2 atom stereocenters. The van der Waals surface area contributed by atoms with E-state index in [1.165, 1.54) is 19.5 Å². The first-order chi connectivity index (χ1) is 11.1. The van der Waals surface area contributed by atoms with Crippen molar-refractivity contribution in [3.8, 4) is 0 Å². The largest absolute Gasteiger partial charge is 0.338 e. The second-order valence-electron chi connectivity index (χ2n) is 6.41. The molecule has 1 aromatic carbocycles. The van der Waals surface area contributed by atoms with Crippen molar-refractivity contribution in [3.63, 3.8) is 0 Å². The van der Waals surface area contributed by atoms with Crippen molar-refractivity contribution in [1.29, 1.82) is 0 Å². The van der Waals surface area contributed by atoms with Gasteiger partial charge in [0.25, 0.3) is 5.91 Å². The fourth-order valence-corrected chi connectivity index (χ4v) is 5.88. The Kier molecular flexibility index (Phi) is 5.16. The van der Waals surface area contributed by atoms with Gasteiger partial charge in [-0.05, 0) is 37.8 Å². The molecule has 3 nitrogen and oxygen atoms in total. The molecule has 0 bridgehead atoms. The van der Waals surface area contributed by atoms with Gasteiger partial charge in [-0.2, -0.15) is 0 Å². The third-order valence-corrected chi connectivity index (χ3v) is 7.15. The maximum Gasteiger partial charge on any atom is 0.264 e. The van der Waals surface area contributed by atoms with Crippen molar-refractivity contribution in [2.24, 2.45) is 11.7 Å². The Balaban J connectivity index is 0.00000169. The monoisotopic (exact) mass is 380 g/mol. The smallest absolute Gasteiger partial charge is 0.264 e. The summed E-state index contributed by atoms with van der Waals surface area (Å²) in [6.07, 6.45) is 2.19. The van der Waals surface area contributed by atoms with E-state index in [1.807, 2.05) is 11.8 Å². The summed E-state index contributed by atoms with van der Waals surface area (Å²) in [6.45, 7) is 3.70. The highest BCUT2D eigenvalue weighted by atomic mass is 35.5. The van der Waals surface area contributed by atoms with Crippen LogP contribution in [0.5, 0.6) is 0 Å². The highest BCUT2D eigenvalue weighted by molar-refractivity contribution is 7.33. The zero-order chi connectivity index (χ0) is 16.0. The van der Waals surface area contributed by atoms with E-state index < -0.39 is 0 Å². The number of rotatable bonds is 2. The van der Waals surface area contributed by atoms with E-state index in [0.29, 0.717) is 5.92 Å². The van der Waals surface area contributed by atoms with E-state index >= 15 is 0 Å². The number of fused-ring (bicyclic) bond motifs is 3. The number of halogens is 1. The van der Waals surface area contributed by atoms with Crippen LogP contribution in [0.1, 0.15) is 29.4 Å². The third-order valence-electron chi connectivity index (χ3n) is 4.75. The molecule has 6 heteroatoms. The zero-order valence-corrected chi connectivity index (χ0v) is 16.0. The van der Waals surface area contributed by atoms with Gasteiger partial charge in [-0.25, -0.2) is 0 Å². The minimum atomic E-state index is 0. The number of benzene rings is 1. The van der Waals surface area contributed by atoms with Gasteiger partial charge in [-0.1, -0.05) is 18.2 Å². The van der Waals surface area contributed by atoms with Gasteiger partial charge in [0.2, 0.25) is 0 Å². The van der Waals surface area contributed by atoms with Gasteiger partial charge >= 0.3 is 0 Å². The molecule has 24 heavy (non-hydrogen) atoms. The standard InChI is InChI=1S/C18H20N2OS2.ClH/c1-11(19)12-5-4-8-20(10-12)18(21)16-9-15-17(23-16)13-6-2-3-7-14(13)22-15;/h2-3,6-7,9,11-12H,4-5,8,10,19H2,1H3;1H. The fraction of sp³-hybridized carbons (Fsp3) is 0.389. The molecule has 0 aliphatic carbocycles. The average molecular weight is 381 g/mol. The van der Waals surface area contributed by atoms with E-state index in [-0.39, 0.29) is 24.4 Å². The number of thiophene rings is 2. The predicted octanol–water partition coefficient (Wildman–Crippen LogP) is 4.74. The fourth-order valence-electron chi connectivity index (χ4n) is 3.38. The number of nitrogens with zero attached hydrogens (tertiary/aromatic N) is 1. The molecule has 4 rings (SSSR count). The van der Waals surface area contributed by atoms with Gasteiger partial charge in [0.1, 0.15) is 0 Å². The van der Waals surface area contributed by atoms with Crippen molar-refractivity contribution in [2.45, 2.75) is 25.8 Å². The molecule has 1 amide bonds. The molecule has 3 heterocycles. The van der Waals surface area contributed by atoms with Crippen molar-refractivity contribution in [2.75, 3.05) is 13.1 Å². The van der Waals surface area contributed by atoms with Crippen LogP contribution in [0.2, 0.25) is 0 Å². The summed E-state index contributed by atoms with van der Waals surface area (Å²) in [6, 6.07) is 10.6. The number of carbonyl (C=O) groups is 1. The quantitative estimate of drug-likeness (QED) is 0.698. The van der Waals surface area contributed by atoms with Crippen LogP contribution >= 0.6 is 35.1 Å². The molecule has 0 radical (unpaired) electrons. The third kappa shape index (κ3) is 3.06. The molecule has 1 fully saturated rings. The van der Waals surface area contributed by atoms with E-state index in [2.05, 4.69) is 30.3 Å². The molecule has 2 aromatic heterocycles. The molecule has 0 saturated carbocycles. The Labute approximate surface area is 155 Å². The van der Waals surface area contributed by atoms with E-state index in [9.17, 15) is 4.79 Å². The van der Waals surface area contributed by atoms with E-state index in [1.54, 1.807) is 22.7 Å². The summed E-state index contributed by atoms with van der Waals surface area (Å²) in [5, 5.41) is 1.27. The van der Waals surface area contributed by atoms with Crippen LogP contribution in [0.15, 0.2) is 30.3 Å². The highest BCUT2D eigenvalue weighted by Crippen LogP contribution is 2.39. The molecule has 1 aliphatic rings. The summed E-state index contributed by atoms with van der Waals surface area (Å²) in [5.41, 5.74) is 6.04. The van der Waals surface area contributed by atoms with Gasteiger partial charge in [0.15, 0.2) is 0 Å². The van der Waals surface area contributed by atoms with Crippen LogP contribution in [0, 0.1) is 5.92 Å². The van der Waals surface area contributed by atoms with Crippen LogP contribution in [0.25, 0.3) is 19.5 Å². The first kappa shape index (κ1) is 17.7. The van der Waals surface area contributed by atoms with E-state index in [4.69, 9.17) is 5.73 Å². The summed E-state index contributed by atoms with van der Waals surface area (Å²) in [5.74, 6) is 0.599. The number of likely N-dealkylation sites (tertiary alicyclic amines) is 1. The molecule has 0 spiro atoms. The Bertz CT molecular complexity index is 870. The van der Waals surface area contributed by atoms with Crippen molar-refractivity contribution < 1.29 is 4.79 Å². The highest BCUT2D eigenvalue weighted by Gasteiger charge is 2.27.